The van der Waals surface area contributed by atoms with Crippen LogP contribution in [-0.2, 0) is 32.3 Å². The molecule has 3 N–H and O–H groups in total. The minimum Gasteiger partial charge on any atom is -0.489 e. The van der Waals surface area contributed by atoms with Gasteiger partial charge in [0.2, 0.25) is 5.79 Å². The lowest BCUT2D eigenvalue weighted by molar-refractivity contribution is -0.384. The van der Waals surface area contributed by atoms with Crippen LogP contribution in [0.3, 0.4) is 0 Å². The molecule has 0 saturated heterocycles. The summed E-state index contributed by atoms with van der Waals surface area (Å²) in [4.78, 5) is 32.4. The van der Waals surface area contributed by atoms with Crippen LogP contribution in [0.2, 0.25) is 0 Å². The fourth-order valence-corrected chi connectivity index (χ4v) is 9.23. The van der Waals surface area contributed by atoms with Gasteiger partial charge < -0.3 is 43.8 Å². The zero-order valence-corrected chi connectivity index (χ0v) is 35.6. The van der Waals surface area contributed by atoms with Crippen molar-refractivity contribution < 1.29 is 57.9 Å². The fourth-order valence-electron chi connectivity index (χ4n) is 9.23. The molecule has 3 aliphatic rings. The molecule has 16 heteroatoms. The number of amides is 1. The minimum absolute atomic E-state index is 0.00683. The highest BCUT2D eigenvalue weighted by molar-refractivity contribution is 6.03. The first-order valence-corrected chi connectivity index (χ1v) is 21.5. The maximum atomic E-state index is 14.7. The number of unbranched alkanes of at least 4 members (excludes halogenated alkanes) is 2. The summed E-state index contributed by atoms with van der Waals surface area (Å²) in [6.45, 7) is 3.97. The molecule has 6 rings (SSSR count). The molecule has 1 fully saturated rings. The number of carbonyl (C=O) groups excluding carboxylic acids is 1. The average Bonchev–Trinajstić information content (AvgIpc) is 3.29. The van der Waals surface area contributed by atoms with E-state index >= 15 is 0 Å². The number of aliphatic hydroxyl groups is 3. The number of non-ortho nitro benzene ring substituents is 1. The molecule has 15 nitrogen and oxygen atoms in total. The first-order chi connectivity index (χ1) is 30.7. The van der Waals surface area contributed by atoms with Gasteiger partial charge in [-0.2, -0.15) is 0 Å². The summed E-state index contributed by atoms with van der Waals surface area (Å²) >= 11 is 0. The molecule has 3 aromatic rings. The highest BCUT2D eigenvalue weighted by Crippen LogP contribution is 2.62. The number of rotatable bonds is 24. The van der Waals surface area contributed by atoms with Crippen molar-refractivity contribution in [3.05, 3.63) is 124 Å². The first kappa shape index (κ1) is 47.1. The Hall–Kier alpha value is -5.39. The maximum Gasteiger partial charge on any atom is 0.410 e. The Kier molecular flexibility index (Phi) is 17.1. The maximum absolute atomic E-state index is 14.7. The number of allylic oxidation sites excluding steroid dienone is 1. The number of hydrogen-bond donors (Lipinski definition) is 3. The number of carbonyl (C=O) groups is 1. The van der Waals surface area contributed by atoms with Crippen LogP contribution in [0.5, 0.6) is 11.5 Å². The summed E-state index contributed by atoms with van der Waals surface area (Å²) < 4.78 is 46.2. The van der Waals surface area contributed by atoms with Crippen molar-refractivity contribution in [2.45, 2.75) is 75.9 Å². The largest absolute Gasteiger partial charge is 0.489 e. The molecule has 2 aliphatic carbocycles. The monoisotopic (exact) mass is 875 g/mol. The van der Waals surface area contributed by atoms with Crippen molar-refractivity contribution in [2.24, 2.45) is 22.9 Å². The topological polar surface area (TPSA) is 192 Å². The van der Waals surface area contributed by atoms with Gasteiger partial charge in [0.1, 0.15) is 36.6 Å². The van der Waals surface area contributed by atoms with Gasteiger partial charge in [-0.05, 0) is 85.1 Å². The molecular weight excluding hydrogens is 818 g/mol. The Bertz CT molecular complexity index is 2060. The van der Waals surface area contributed by atoms with E-state index in [1.54, 1.807) is 42.5 Å². The Morgan fingerprint density at radius 1 is 1.02 bits per heavy atom. The number of fused-ring (bicyclic) bond motifs is 2. The van der Waals surface area contributed by atoms with E-state index in [0.29, 0.717) is 54.0 Å². The Morgan fingerprint density at radius 2 is 1.78 bits per heavy atom. The molecule has 63 heavy (non-hydrogen) atoms. The van der Waals surface area contributed by atoms with Gasteiger partial charge in [-0.25, -0.2) is 9.18 Å². The van der Waals surface area contributed by atoms with Crippen LogP contribution in [-0.4, -0.2) is 102 Å². The normalized spacial score (nSPS) is 22.8. The van der Waals surface area contributed by atoms with E-state index in [0.717, 1.165) is 24.0 Å². The lowest BCUT2D eigenvalue weighted by atomic mass is 9.55. The van der Waals surface area contributed by atoms with E-state index in [4.69, 9.17) is 33.7 Å². The zero-order chi connectivity index (χ0) is 44.8. The number of aliphatic hydroxyl groups excluding tert-OH is 3. The summed E-state index contributed by atoms with van der Waals surface area (Å²) in [6.07, 6.45) is 7.30. The van der Waals surface area contributed by atoms with E-state index in [9.17, 15) is 34.6 Å². The Labute approximate surface area is 366 Å². The van der Waals surface area contributed by atoms with Crippen LogP contribution >= 0.6 is 0 Å². The van der Waals surface area contributed by atoms with Crippen molar-refractivity contribution in [3.63, 3.8) is 0 Å². The summed E-state index contributed by atoms with van der Waals surface area (Å²) in [5.41, 5.74) is 3.13. The molecular formula is C47H58FN3O12. The highest BCUT2D eigenvalue weighted by atomic mass is 19.1. The molecule has 0 radical (unpaired) electrons. The standard InChI is InChI=1S/C47H58FN3O12/c1-3-24-61-47-43(50(46(55)58-2)20-25-59-26-23-54)29-41(49-62-30-32-14-16-35(17-15-32)51(56)57)38-27-33(10-6-8-21-52)37(12-7-9-22-53)44(45(38)47)39-28-36(18-19-42(39)63-47)60-31-34-11-4-5-13-40(34)48/h3-5,11,13-19,27-28,33,37,43-45,52-54H,1,6-10,12,20-26,29-31H2,2H3/t33-,37+,43-,44+,45+,47+/m0/s1. The smallest absolute Gasteiger partial charge is 0.410 e. The number of methoxy groups -OCH3 is 1. The third-order valence-corrected chi connectivity index (χ3v) is 12.0. The number of oxime groups is 1. The molecule has 0 bridgehead atoms. The quantitative estimate of drug-likeness (QED) is 0.0355. The molecule has 0 spiro atoms. The van der Waals surface area contributed by atoms with Gasteiger partial charge in [0.15, 0.2) is 0 Å². The molecule has 340 valence electrons. The van der Waals surface area contributed by atoms with Crippen LogP contribution in [0, 0.1) is 33.7 Å². The molecule has 1 saturated carbocycles. The molecule has 3 aromatic carbocycles. The number of nitro groups is 1. The zero-order valence-electron chi connectivity index (χ0n) is 35.6. The van der Waals surface area contributed by atoms with Crippen molar-refractivity contribution in [1.82, 2.24) is 4.90 Å². The van der Waals surface area contributed by atoms with Gasteiger partial charge in [0, 0.05) is 55.4 Å². The molecule has 1 heterocycles. The number of nitrogens with zero attached hydrogens (tertiary/aromatic N) is 3. The second-order valence-electron chi connectivity index (χ2n) is 15.8. The summed E-state index contributed by atoms with van der Waals surface area (Å²) in [5, 5.41) is 45.4. The van der Waals surface area contributed by atoms with Crippen molar-refractivity contribution in [1.29, 1.82) is 0 Å². The summed E-state index contributed by atoms with van der Waals surface area (Å²) in [5.74, 6) is -2.06. The number of halogens is 1. The van der Waals surface area contributed by atoms with E-state index in [1.165, 1.54) is 30.2 Å². The van der Waals surface area contributed by atoms with Gasteiger partial charge in [-0.15, -0.1) is 6.58 Å². The van der Waals surface area contributed by atoms with Gasteiger partial charge in [-0.1, -0.05) is 48.3 Å². The minimum atomic E-state index is -1.57. The van der Waals surface area contributed by atoms with Crippen LogP contribution in [0.15, 0.2) is 96.2 Å². The number of ether oxygens (including phenoxy) is 5. The average molecular weight is 876 g/mol. The van der Waals surface area contributed by atoms with Gasteiger partial charge in [0.05, 0.1) is 50.1 Å². The predicted molar refractivity (Wildman–Crippen MR) is 231 cm³/mol. The third kappa shape index (κ3) is 11.0. The SMILES string of the molecule is C=CCO[C@@]12Oc3ccc(OCc4ccccc4F)cc3[C@H]3[C@H](CCCCO)[C@@H](CCCCO)C=C(C(=NOCc4ccc([N+](=O)[O-])cc4)C[C@@H]1N(CCOCCO)C(=O)OC)[C@H]32. The molecule has 0 unspecified atom stereocenters. The van der Waals surface area contributed by atoms with E-state index in [1.807, 2.05) is 12.1 Å². The third-order valence-electron chi connectivity index (χ3n) is 12.0. The van der Waals surface area contributed by atoms with E-state index in [-0.39, 0.29) is 95.1 Å². The number of hydrogen-bond acceptors (Lipinski definition) is 13. The van der Waals surface area contributed by atoms with Crippen molar-refractivity contribution >= 4 is 17.5 Å². The van der Waals surface area contributed by atoms with Crippen LogP contribution in [0.25, 0.3) is 0 Å². The first-order valence-electron chi connectivity index (χ1n) is 21.5. The van der Waals surface area contributed by atoms with Crippen molar-refractivity contribution in [2.75, 3.05) is 53.3 Å². The van der Waals surface area contributed by atoms with E-state index in [2.05, 4.69) is 12.7 Å². The van der Waals surface area contributed by atoms with Crippen LogP contribution in [0.4, 0.5) is 14.9 Å². The summed E-state index contributed by atoms with van der Waals surface area (Å²) in [7, 11) is 1.29. The number of nitro benzene ring substituents is 1. The highest BCUT2D eigenvalue weighted by Gasteiger charge is 2.65. The van der Waals surface area contributed by atoms with Crippen LogP contribution < -0.4 is 9.47 Å². The fraction of sp³-hybridized carbons (Fsp3) is 0.489. The molecule has 1 amide bonds. The number of benzene rings is 3. The van der Waals surface area contributed by atoms with E-state index < -0.39 is 28.8 Å². The summed E-state index contributed by atoms with van der Waals surface area (Å²) in [6, 6.07) is 17.0. The van der Waals surface area contributed by atoms with Gasteiger partial charge in [-0.3, -0.25) is 15.0 Å². The Morgan fingerprint density at radius 3 is 2.48 bits per heavy atom. The predicted octanol–water partition coefficient (Wildman–Crippen LogP) is 7.22. The Balaban J connectivity index is 1.54. The molecule has 6 atom stereocenters. The van der Waals surface area contributed by atoms with Crippen molar-refractivity contribution in [3.8, 4) is 11.5 Å². The lowest BCUT2D eigenvalue weighted by Crippen LogP contribution is -2.70. The lowest BCUT2D eigenvalue weighted by Gasteiger charge is -2.59. The van der Waals surface area contributed by atoms with Gasteiger partial charge >= 0.3 is 6.09 Å². The molecule has 0 aromatic heterocycles. The second-order valence-corrected chi connectivity index (χ2v) is 15.8. The second kappa shape index (κ2) is 22.8. The molecule has 1 aliphatic heterocycles. The van der Waals surface area contributed by atoms with Gasteiger partial charge in [0.25, 0.3) is 5.69 Å². The van der Waals surface area contributed by atoms with Crippen LogP contribution in [0.1, 0.15) is 67.6 Å².